The fraction of sp³-hybridized carbons (Fsp3) is 0.444. The second-order valence-electron chi connectivity index (χ2n) is 13.1. The summed E-state index contributed by atoms with van der Waals surface area (Å²) in [6.07, 6.45) is -1.08. The van der Waals surface area contributed by atoms with E-state index in [9.17, 15) is 24.3 Å². The molecule has 2 aliphatic heterocycles. The third-order valence-electron chi connectivity index (χ3n) is 8.86. The number of nitrogens with one attached hydrogen (secondary N) is 3. The third kappa shape index (κ3) is 8.28. The maximum atomic E-state index is 14.1. The SMILES string of the molecule is C=C(C)CNC(=O)[C@H]1N(C(=O)[C@@H](O)[C@H](Cc2ccccc2)NC(=O)[C@@H](NC(=O)c2cc3cccc(OC)c3o2)[C@H]2CCOC2)CSC1(C)C. The number of nitrogens with zero attached hydrogens (tertiary/aromatic N) is 1. The molecule has 2 saturated heterocycles. The summed E-state index contributed by atoms with van der Waals surface area (Å²) in [5, 5.41) is 20.9. The van der Waals surface area contributed by atoms with Crippen molar-refractivity contribution in [3.63, 3.8) is 0 Å². The van der Waals surface area contributed by atoms with E-state index in [1.165, 1.54) is 23.8 Å². The molecule has 3 aromatic rings. The molecule has 3 heterocycles. The summed E-state index contributed by atoms with van der Waals surface area (Å²) in [7, 11) is 1.50. The summed E-state index contributed by atoms with van der Waals surface area (Å²) < 4.78 is 16.1. The number of rotatable bonds is 13. The van der Waals surface area contributed by atoms with Gasteiger partial charge in [0.05, 0.1) is 25.6 Å². The Morgan fingerprint density at radius 2 is 1.88 bits per heavy atom. The molecule has 0 radical (unpaired) electrons. The molecule has 0 spiro atoms. The van der Waals surface area contributed by atoms with Gasteiger partial charge in [0.1, 0.15) is 12.1 Å². The van der Waals surface area contributed by atoms with Gasteiger partial charge in [0.15, 0.2) is 23.2 Å². The minimum atomic E-state index is -1.70. The minimum Gasteiger partial charge on any atom is -0.493 e. The number of ether oxygens (including phenoxy) is 2. The number of carbonyl (C=O) groups excluding carboxylic acids is 4. The highest BCUT2D eigenvalue weighted by Crippen LogP contribution is 2.40. The number of methoxy groups -OCH3 is 1. The van der Waals surface area contributed by atoms with E-state index in [4.69, 9.17) is 13.9 Å². The van der Waals surface area contributed by atoms with E-state index < -0.39 is 46.7 Å². The highest BCUT2D eigenvalue weighted by atomic mass is 32.2. The minimum absolute atomic E-state index is 0.00243. The van der Waals surface area contributed by atoms with E-state index in [2.05, 4.69) is 22.5 Å². The van der Waals surface area contributed by atoms with Gasteiger partial charge in [0.2, 0.25) is 11.8 Å². The molecular formula is C36H44N4O8S. The summed E-state index contributed by atoms with van der Waals surface area (Å²) in [5.41, 5.74) is 1.93. The Morgan fingerprint density at radius 1 is 1.12 bits per heavy atom. The van der Waals surface area contributed by atoms with Crippen molar-refractivity contribution in [1.82, 2.24) is 20.9 Å². The van der Waals surface area contributed by atoms with Crippen molar-refractivity contribution in [3.05, 3.63) is 78.1 Å². The molecule has 49 heavy (non-hydrogen) atoms. The van der Waals surface area contributed by atoms with Crippen LogP contribution in [0.4, 0.5) is 0 Å². The predicted molar refractivity (Wildman–Crippen MR) is 186 cm³/mol. The van der Waals surface area contributed by atoms with Crippen LogP contribution in [0.1, 0.15) is 43.3 Å². The van der Waals surface area contributed by atoms with E-state index in [0.29, 0.717) is 29.7 Å². The highest BCUT2D eigenvalue weighted by Gasteiger charge is 2.50. The first kappa shape index (κ1) is 36.0. The van der Waals surface area contributed by atoms with Gasteiger partial charge < -0.3 is 39.8 Å². The number of furan rings is 1. The number of hydrogen-bond acceptors (Lipinski definition) is 9. The van der Waals surface area contributed by atoms with Gasteiger partial charge in [-0.15, -0.1) is 11.8 Å². The number of hydrogen-bond donors (Lipinski definition) is 4. The number of aliphatic hydroxyl groups is 1. The fourth-order valence-electron chi connectivity index (χ4n) is 6.21. The van der Waals surface area contributed by atoms with Gasteiger partial charge in [-0.2, -0.15) is 0 Å². The molecule has 2 aromatic carbocycles. The Kier molecular flexibility index (Phi) is 11.4. The lowest BCUT2D eigenvalue weighted by molar-refractivity contribution is -0.147. The summed E-state index contributed by atoms with van der Waals surface area (Å²) >= 11 is 1.43. The molecule has 5 atom stereocenters. The molecule has 0 aliphatic carbocycles. The highest BCUT2D eigenvalue weighted by molar-refractivity contribution is 8.00. The zero-order valence-corrected chi connectivity index (χ0v) is 29.0. The monoisotopic (exact) mass is 692 g/mol. The molecule has 0 bridgehead atoms. The number of carbonyl (C=O) groups is 4. The van der Waals surface area contributed by atoms with Crippen LogP contribution in [0.5, 0.6) is 5.75 Å². The number of para-hydroxylation sites is 1. The van der Waals surface area contributed by atoms with Gasteiger partial charge in [-0.25, -0.2) is 0 Å². The van der Waals surface area contributed by atoms with Crippen LogP contribution in [0, 0.1) is 5.92 Å². The molecule has 4 amide bonds. The van der Waals surface area contributed by atoms with E-state index in [-0.39, 0.29) is 43.0 Å². The van der Waals surface area contributed by atoms with Crippen LogP contribution in [-0.4, -0.2) is 95.4 Å². The van der Waals surface area contributed by atoms with Gasteiger partial charge in [0.25, 0.3) is 11.8 Å². The van der Waals surface area contributed by atoms with E-state index in [1.54, 1.807) is 31.2 Å². The van der Waals surface area contributed by atoms with Gasteiger partial charge in [-0.05, 0) is 51.3 Å². The van der Waals surface area contributed by atoms with Crippen molar-refractivity contribution in [2.45, 2.75) is 62.6 Å². The van der Waals surface area contributed by atoms with Crippen molar-refractivity contribution in [3.8, 4) is 5.75 Å². The molecule has 1 aromatic heterocycles. The average Bonchev–Trinajstić information content (AvgIpc) is 3.84. The van der Waals surface area contributed by atoms with Crippen LogP contribution >= 0.6 is 11.8 Å². The first-order valence-electron chi connectivity index (χ1n) is 16.2. The number of aliphatic hydroxyl groups excluding tert-OH is 1. The van der Waals surface area contributed by atoms with E-state index in [1.807, 2.05) is 44.2 Å². The number of benzene rings is 2. The van der Waals surface area contributed by atoms with Crippen LogP contribution < -0.4 is 20.7 Å². The van der Waals surface area contributed by atoms with Crippen molar-refractivity contribution < 1.29 is 38.2 Å². The summed E-state index contributed by atoms with van der Waals surface area (Å²) in [5.74, 6) is -1.96. The molecule has 0 saturated carbocycles. The van der Waals surface area contributed by atoms with E-state index >= 15 is 0 Å². The van der Waals surface area contributed by atoms with Crippen LogP contribution in [0.25, 0.3) is 11.0 Å². The molecule has 2 fully saturated rings. The van der Waals surface area contributed by atoms with Crippen LogP contribution in [0.3, 0.4) is 0 Å². The largest absolute Gasteiger partial charge is 0.493 e. The Labute approximate surface area is 289 Å². The number of thioether (sulfide) groups is 1. The van der Waals surface area contributed by atoms with Crippen LogP contribution in [0.2, 0.25) is 0 Å². The maximum Gasteiger partial charge on any atom is 0.287 e. The fourth-order valence-corrected chi connectivity index (χ4v) is 7.35. The average molecular weight is 693 g/mol. The van der Waals surface area contributed by atoms with E-state index in [0.717, 1.165) is 11.1 Å². The molecule has 5 rings (SSSR count). The standard InChI is InChI=1S/C36H44N4O8S/c1-21(2)18-37-34(44)31-36(3,4)49-20-40(31)35(45)29(41)25(16-22-10-7-6-8-11-22)38-33(43)28(24-14-15-47-19-24)39-32(42)27-17-23-12-9-13-26(46-5)30(23)48-27/h6-13,17,24-25,28-29,31,41H,1,14-16,18-20H2,2-5H3,(H,37,44)(H,38,43)(H,39,42)/t24-,25-,28-,29-,31+/m0/s1. The Balaban J connectivity index is 1.39. The van der Waals surface area contributed by atoms with Gasteiger partial charge in [-0.3, -0.25) is 19.2 Å². The van der Waals surface area contributed by atoms with Crippen molar-refractivity contribution in [2.75, 3.05) is 32.7 Å². The predicted octanol–water partition coefficient (Wildman–Crippen LogP) is 3.04. The maximum absolute atomic E-state index is 14.1. The lowest BCUT2D eigenvalue weighted by Gasteiger charge is -2.34. The lowest BCUT2D eigenvalue weighted by atomic mass is 9.95. The molecule has 12 nitrogen and oxygen atoms in total. The molecule has 0 unspecified atom stereocenters. The molecule has 13 heteroatoms. The molecule has 4 N–H and O–H groups in total. The van der Waals surface area contributed by atoms with Gasteiger partial charge >= 0.3 is 0 Å². The second kappa shape index (κ2) is 15.5. The topological polar surface area (TPSA) is 159 Å². The number of amides is 4. The Bertz CT molecular complexity index is 1690. The first-order chi connectivity index (χ1) is 23.4. The summed E-state index contributed by atoms with van der Waals surface area (Å²) in [6, 6.07) is 13.0. The summed E-state index contributed by atoms with van der Waals surface area (Å²) in [4.78, 5) is 56.3. The third-order valence-corrected chi connectivity index (χ3v) is 10.2. The second-order valence-corrected chi connectivity index (χ2v) is 14.7. The van der Waals surface area contributed by atoms with Crippen molar-refractivity contribution in [2.24, 2.45) is 5.92 Å². The number of fused-ring (bicyclic) bond motifs is 1. The quantitative estimate of drug-likeness (QED) is 0.198. The first-order valence-corrected chi connectivity index (χ1v) is 17.2. The molecule has 2 aliphatic rings. The van der Waals surface area contributed by atoms with Gasteiger partial charge in [-0.1, -0.05) is 54.6 Å². The zero-order chi connectivity index (χ0) is 35.3. The van der Waals surface area contributed by atoms with Crippen LogP contribution in [-0.2, 0) is 25.5 Å². The normalized spacial score (nSPS) is 20.3. The van der Waals surface area contributed by atoms with Crippen molar-refractivity contribution >= 4 is 46.4 Å². The molecular weight excluding hydrogens is 648 g/mol. The zero-order valence-electron chi connectivity index (χ0n) is 28.2. The Morgan fingerprint density at radius 3 is 2.55 bits per heavy atom. The van der Waals surface area contributed by atoms with Crippen LogP contribution in [0.15, 0.2) is 71.2 Å². The summed E-state index contributed by atoms with van der Waals surface area (Å²) in [6.45, 7) is 10.3. The Hall–Kier alpha value is -4.33. The lowest BCUT2D eigenvalue weighted by Crippen LogP contribution is -2.60. The molecule has 262 valence electrons. The van der Waals surface area contributed by atoms with Gasteiger partial charge in [0, 0.05) is 29.2 Å². The van der Waals surface area contributed by atoms with Crippen molar-refractivity contribution in [1.29, 1.82) is 0 Å². The smallest absolute Gasteiger partial charge is 0.287 e.